The van der Waals surface area contributed by atoms with E-state index in [1.807, 2.05) is 13.8 Å². The molecule has 0 saturated heterocycles. The van der Waals surface area contributed by atoms with E-state index < -0.39 is 0 Å². The second-order valence-electron chi connectivity index (χ2n) is 6.48. The molecule has 1 amide bonds. The quantitative estimate of drug-likeness (QED) is 0.779. The van der Waals surface area contributed by atoms with Gasteiger partial charge in [0.2, 0.25) is 5.91 Å². The zero-order valence-corrected chi connectivity index (χ0v) is 12.3. The Bertz CT molecular complexity index is 231. The van der Waals surface area contributed by atoms with Gasteiger partial charge in [-0.25, -0.2) is 0 Å². The Morgan fingerprint density at radius 2 is 1.76 bits per heavy atom. The Kier molecular flexibility index (Phi) is 6.76. The number of rotatable bonds is 6. The van der Waals surface area contributed by atoms with Gasteiger partial charge in [0.05, 0.1) is 6.61 Å². The lowest BCUT2D eigenvalue weighted by Gasteiger charge is -2.29. The number of aliphatic hydroxyl groups excluding tert-OH is 1. The van der Waals surface area contributed by atoms with Crippen LogP contribution < -0.4 is 0 Å². The van der Waals surface area contributed by atoms with Gasteiger partial charge in [0.15, 0.2) is 0 Å². The minimum atomic E-state index is 0.0393. The molecule has 1 N–H and O–H groups in total. The van der Waals surface area contributed by atoms with Crippen molar-refractivity contribution in [1.82, 2.24) is 4.90 Å². The highest BCUT2D eigenvalue weighted by Gasteiger charge is 2.22. The van der Waals surface area contributed by atoms with Crippen molar-refractivity contribution in [2.45, 2.75) is 60.4 Å². The van der Waals surface area contributed by atoms with E-state index in [0.29, 0.717) is 18.9 Å². The highest BCUT2D eigenvalue weighted by molar-refractivity contribution is 5.76. The van der Waals surface area contributed by atoms with Crippen molar-refractivity contribution < 1.29 is 9.90 Å². The lowest BCUT2D eigenvalue weighted by atomic mass is 9.84. The molecule has 0 rings (SSSR count). The number of hydrogen-bond acceptors (Lipinski definition) is 2. The largest absolute Gasteiger partial charge is 0.395 e. The van der Waals surface area contributed by atoms with Gasteiger partial charge in [-0.05, 0) is 31.6 Å². The molecular weight excluding hydrogens is 214 g/mol. The fourth-order valence-electron chi connectivity index (χ4n) is 2.31. The van der Waals surface area contributed by atoms with Gasteiger partial charge in [0.25, 0.3) is 0 Å². The van der Waals surface area contributed by atoms with Crippen molar-refractivity contribution in [2.24, 2.45) is 11.3 Å². The molecule has 0 aliphatic carbocycles. The van der Waals surface area contributed by atoms with E-state index in [2.05, 4.69) is 27.7 Å². The second-order valence-corrected chi connectivity index (χ2v) is 6.48. The summed E-state index contributed by atoms with van der Waals surface area (Å²) in [4.78, 5) is 13.8. The molecule has 0 fully saturated rings. The number of amides is 1. The highest BCUT2D eigenvalue weighted by Crippen LogP contribution is 2.26. The lowest BCUT2D eigenvalue weighted by molar-refractivity contribution is -0.134. The van der Waals surface area contributed by atoms with Crippen LogP contribution in [0, 0.1) is 11.3 Å². The molecule has 17 heavy (non-hydrogen) atoms. The molecule has 0 aromatic rings. The zero-order chi connectivity index (χ0) is 13.6. The fraction of sp³-hybridized carbons (Fsp3) is 0.929. The van der Waals surface area contributed by atoms with Crippen LogP contribution in [0.4, 0.5) is 0 Å². The summed E-state index contributed by atoms with van der Waals surface area (Å²) in [6.07, 6.45) is 1.62. The predicted molar refractivity (Wildman–Crippen MR) is 71.8 cm³/mol. The van der Waals surface area contributed by atoms with Crippen molar-refractivity contribution in [3.8, 4) is 0 Å². The maximum Gasteiger partial charge on any atom is 0.223 e. The standard InChI is InChI=1S/C14H29NO2/c1-11(2)15(7-8-16)13(17)9-12(3)10-14(4,5)6/h11-12,16H,7-10H2,1-6H3. The summed E-state index contributed by atoms with van der Waals surface area (Å²) in [7, 11) is 0. The Labute approximate surface area is 106 Å². The van der Waals surface area contributed by atoms with Crippen LogP contribution in [0.25, 0.3) is 0 Å². The third-order valence-electron chi connectivity index (χ3n) is 2.77. The third kappa shape index (κ3) is 7.37. The van der Waals surface area contributed by atoms with Crippen LogP contribution in [0.2, 0.25) is 0 Å². The number of carbonyl (C=O) groups is 1. The van der Waals surface area contributed by atoms with Crippen LogP contribution in [0.5, 0.6) is 0 Å². The van der Waals surface area contributed by atoms with Gasteiger partial charge in [-0.3, -0.25) is 4.79 Å². The Morgan fingerprint density at radius 3 is 2.12 bits per heavy atom. The van der Waals surface area contributed by atoms with Crippen molar-refractivity contribution in [3.05, 3.63) is 0 Å². The second kappa shape index (κ2) is 7.00. The summed E-state index contributed by atoms with van der Waals surface area (Å²) in [5, 5.41) is 8.96. The van der Waals surface area contributed by atoms with E-state index in [1.54, 1.807) is 4.90 Å². The zero-order valence-electron chi connectivity index (χ0n) is 12.3. The highest BCUT2D eigenvalue weighted by atomic mass is 16.3. The van der Waals surface area contributed by atoms with E-state index in [9.17, 15) is 4.79 Å². The van der Waals surface area contributed by atoms with Crippen LogP contribution in [0.15, 0.2) is 0 Å². The number of carbonyl (C=O) groups excluding carboxylic acids is 1. The molecular formula is C14H29NO2. The van der Waals surface area contributed by atoms with Gasteiger partial charge in [0, 0.05) is 19.0 Å². The summed E-state index contributed by atoms with van der Waals surface area (Å²) >= 11 is 0. The topological polar surface area (TPSA) is 40.5 Å². The van der Waals surface area contributed by atoms with Crippen LogP contribution in [-0.4, -0.2) is 35.1 Å². The molecule has 0 aliphatic heterocycles. The molecule has 0 aromatic carbocycles. The summed E-state index contributed by atoms with van der Waals surface area (Å²) in [5.41, 5.74) is 0.263. The Balaban J connectivity index is 4.30. The number of nitrogens with zero attached hydrogens (tertiary/aromatic N) is 1. The Morgan fingerprint density at radius 1 is 1.24 bits per heavy atom. The van der Waals surface area contributed by atoms with E-state index in [-0.39, 0.29) is 24.0 Å². The van der Waals surface area contributed by atoms with Crippen LogP contribution in [0.1, 0.15) is 54.4 Å². The van der Waals surface area contributed by atoms with Crippen LogP contribution in [0.3, 0.4) is 0 Å². The maximum absolute atomic E-state index is 12.1. The van der Waals surface area contributed by atoms with Crippen molar-refractivity contribution in [3.63, 3.8) is 0 Å². The monoisotopic (exact) mass is 243 g/mol. The van der Waals surface area contributed by atoms with E-state index in [4.69, 9.17) is 5.11 Å². The summed E-state index contributed by atoms with van der Waals surface area (Å²) in [5.74, 6) is 0.549. The number of aliphatic hydroxyl groups is 1. The van der Waals surface area contributed by atoms with Crippen molar-refractivity contribution in [1.29, 1.82) is 0 Å². The average Bonchev–Trinajstić information content (AvgIpc) is 2.09. The third-order valence-corrected chi connectivity index (χ3v) is 2.77. The molecule has 0 bridgehead atoms. The summed E-state index contributed by atoms with van der Waals surface area (Å²) < 4.78 is 0. The summed E-state index contributed by atoms with van der Waals surface area (Å²) in [6.45, 7) is 13.2. The molecule has 0 aliphatic rings. The first-order valence-corrected chi connectivity index (χ1v) is 6.57. The molecule has 102 valence electrons. The van der Waals surface area contributed by atoms with Gasteiger partial charge in [-0.1, -0.05) is 27.7 Å². The SMILES string of the molecule is CC(CC(=O)N(CCO)C(C)C)CC(C)(C)C. The smallest absolute Gasteiger partial charge is 0.223 e. The normalized spacial score (nSPS) is 13.9. The first-order chi connectivity index (χ1) is 7.67. The van der Waals surface area contributed by atoms with E-state index in [1.165, 1.54) is 0 Å². The Hall–Kier alpha value is -0.570. The van der Waals surface area contributed by atoms with Crippen molar-refractivity contribution >= 4 is 5.91 Å². The summed E-state index contributed by atoms with van der Waals surface area (Å²) in [6, 6.07) is 0.163. The molecule has 0 saturated carbocycles. The first-order valence-electron chi connectivity index (χ1n) is 6.57. The molecule has 0 spiro atoms. The van der Waals surface area contributed by atoms with Gasteiger partial charge in [0.1, 0.15) is 0 Å². The van der Waals surface area contributed by atoms with Crippen LogP contribution in [-0.2, 0) is 4.79 Å². The molecule has 3 nitrogen and oxygen atoms in total. The van der Waals surface area contributed by atoms with Crippen molar-refractivity contribution in [2.75, 3.05) is 13.2 Å². The van der Waals surface area contributed by atoms with Gasteiger partial charge < -0.3 is 10.0 Å². The van der Waals surface area contributed by atoms with E-state index >= 15 is 0 Å². The molecule has 0 radical (unpaired) electrons. The fourth-order valence-corrected chi connectivity index (χ4v) is 2.31. The lowest BCUT2D eigenvalue weighted by Crippen LogP contribution is -2.39. The predicted octanol–water partition coefficient (Wildman–Crippen LogP) is 2.68. The minimum Gasteiger partial charge on any atom is -0.395 e. The first kappa shape index (κ1) is 16.4. The molecule has 3 heteroatoms. The molecule has 1 atom stereocenters. The van der Waals surface area contributed by atoms with E-state index in [0.717, 1.165) is 6.42 Å². The molecule has 0 aromatic heterocycles. The van der Waals surface area contributed by atoms with Gasteiger partial charge in [-0.15, -0.1) is 0 Å². The minimum absolute atomic E-state index is 0.0393. The van der Waals surface area contributed by atoms with Gasteiger partial charge >= 0.3 is 0 Å². The molecule has 0 heterocycles. The van der Waals surface area contributed by atoms with Crippen LogP contribution >= 0.6 is 0 Å². The maximum atomic E-state index is 12.1. The molecule has 1 unspecified atom stereocenters. The van der Waals surface area contributed by atoms with Gasteiger partial charge in [-0.2, -0.15) is 0 Å². The number of hydrogen-bond donors (Lipinski definition) is 1. The average molecular weight is 243 g/mol.